The second-order valence-electron chi connectivity index (χ2n) is 7.21. The highest BCUT2D eigenvalue weighted by Crippen LogP contribution is 2.41. The highest BCUT2D eigenvalue weighted by atomic mass is 16.5. The number of fused-ring (bicyclic) bond motifs is 1. The number of rotatable bonds is 8. The summed E-state index contributed by atoms with van der Waals surface area (Å²) >= 11 is 0. The van der Waals surface area contributed by atoms with Gasteiger partial charge in [0.15, 0.2) is 17.0 Å². The standard InChI is InChI=1S/C18H26N6O2/c1-3-24-14(5-9-26-2)22-15-16(19-12-20-17(15)24)21-13-4-8-23(10-13)18(11-25)6-7-18/h11-13H,3-10H2,1-2H3,(H,19,20,21). The minimum atomic E-state index is -0.186. The van der Waals surface area contributed by atoms with E-state index in [-0.39, 0.29) is 11.6 Å². The van der Waals surface area contributed by atoms with Gasteiger partial charge in [-0.05, 0) is 26.2 Å². The molecule has 1 aliphatic carbocycles. The molecule has 3 heterocycles. The molecule has 0 radical (unpaired) electrons. The predicted octanol–water partition coefficient (Wildman–Crippen LogP) is 1.25. The number of aryl methyl sites for hydroxylation is 1. The number of likely N-dealkylation sites (tertiary alicyclic amines) is 1. The van der Waals surface area contributed by atoms with Crippen molar-refractivity contribution in [1.29, 1.82) is 0 Å². The van der Waals surface area contributed by atoms with E-state index in [0.29, 0.717) is 6.61 Å². The fourth-order valence-electron chi connectivity index (χ4n) is 3.92. The molecule has 1 N–H and O–H groups in total. The average molecular weight is 358 g/mol. The maximum atomic E-state index is 11.4. The lowest BCUT2D eigenvalue weighted by atomic mass is 10.2. The maximum Gasteiger partial charge on any atom is 0.165 e. The van der Waals surface area contributed by atoms with E-state index in [1.54, 1.807) is 13.4 Å². The molecule has 1 aliphatic heterocycles. The smallest absolute Gasteiger partial charge is 0.165 e. The number of nitrogens with one attached hydrogen (secondary N) is 1. The molecule has 1 saturated heterocycles. The number of nitrogens with zero attached hydrogens (tertiary/aromatic N) is 5. The van der Waals surface area contributed by atoms with Crippen molar-refractivity contribution in [2.24, 2.45) is 0 Å². The topological polar surface area (TPSA) is 85.2 Å². The quantitative estimate of drug-likeness (QED) is 0.711. The highest BCUT2D eigenvalue weighted by Gasteiger charge is 2.50. The van der Waals surface area contributed by atoms with E-state index >= 15 is 0 Å². The third-order valence-electron chi connectivity index (χ3n) is 5.60. The van der Waals surface area contributed by atoms with E-state index in [4.69, 9.17) is 9.72 Å². The molecule has 0 spiro atoms. The number of imidazole rings is 1. The van der Waals surface area contributed by atoms with E-state index < -0.39 is 0 Å². The van der Waals surface area contributed by atoms with Crippen molar-refractivity contribution in [3.8, 4) is 0 Å². The minimum absolute atomic E-state index is 0.186. The molecule has 2 aromatic heterocycles. The van der Waals surface area contributed by atoms with E-state index in [9.17, 15) is 4.79 Å². The van der Waals surface area contributed by atoms with Gasteiger partial charge in [0.05, 0.1) is 12.1 Å². The van der Waals surface area contributed by atoms with Crippen LogP contribution in [0.5, 0.6) is 0 Å². The van der Waals surface area contributed by atoms with Gasteiger partial charge in [-0.3, -0.25) is 4.90 Å². The largest absolute Gasteiger partial charge is 0.384 e. The van der Waals surface area contributed by atoms with Crippen LogP contribution in [-0.2, 0) is 22.5 Å². The fourth-order valence-corrected chi connectivity index (χ4v) is 3.92. The molecule has 0 bridgehead atoms. The lowest BCUT2D eigenvalue weighted by Gasteiger charge is -2.22. The summed E-state index contributed by atoms with van der Waals surface area (Å²) in [7, 11) is 1.70. The van der Waals surface area contributed by atoms with Crippen LogP contribution in [0.25, 0.3) is 11.2 Å². The molecule has 2 fully saturated rings. The van der Waals surface area contributed by atoms with Gasteiger partial charge in [0.25, 0.3) is 0 Å². The number of methoxy groups -OCH3 is 1. The molecular weight excluding hydrogens is 332 g/mol. The van der Waals surface area contributed by atoms with Crippen LogP contribution in [0.1, 0.15) is 32.0 Å². The molecule has 1 atom stereocenters. The zero-order chi connectivity index (χ0) is 18.1. The molecule has 26 heavy (non-hydrogen) atoms. The van der Waals surface area contributed by atoms with Gasteiger partial charge in [0, 0.05) is 39.2 Å². The van der Waals surface area contributed by atoms with Crippen molar-refractivity contribution in [3.63, 3.8) is 0 Å². The number of hydrogen-bond acceptors (Lipinski definition) is 7. The molecule has 8 nitrogen and oxygen atoms in total. The Balaban J connectivity index is 1.55. The summed E-state index contributed by atoms with van der Waals surface area (Å²) in [6.45, 7) is 5.36. The van der Waals surface area contributed by atoms with Gasteiger partial charge < -0.3 is 19.4 Å². The average Bonchev–Trinajstić information content (AvgIpc) is 3.17. The summed E-state index contributed by atoms with van der Waals surface area (Å²) in [5.74, 6) is 1.75. The number of ether oxygens (including phenoxy) is 1. The number of anilines is 1. The van der Waals surface area contributed by atoms with Crippen molar-refractivity contribution in [2.75, 3.05) is 32.1 Å². The summed E-state index contributed by atoms with van der Waals surface area (Å²) in [5.41, 5.74) is 1.49. The molecule has 4 rings (SSSR count). The van der Waals surface area contributed by atoms with Gasteiger partial charge in [-0.1, -0.05) is 0 Å². The van der Waals surface area contributed by atoms with Crippen molar-refractivity contribution in [2.45, 2.75) is 50.7 Å². The second kappa shape index (κ2) is 6.92. The van der Waals surface area contributed by atoms with E-state index in [1.807, 2.05) is 0 Å². The summed E-state index contributed by atoms with van der Waals surface area (Å²) in [5, 5.41) is 3.54. The third-order valence-corrected chi connectivity index (χ3v) is 5.60. The third kappa shape index (κ3) is 2.97. The number of hydrogen-bond donors (Lipinski definition) is 1. The Morgan fingerprint density at radius 1 is 1.42 bits per heavy atom. The van der Waals surface area contributed by atoms with Crippen LogP contribution >= 0.6 is 0 Å². The van der Waals surface area contributed by atoms with Crippen LogP contribution in [0.3, 0.4) is 0 Å². The molecule has 2 aliphatic rings. The normalized spacial score (nSPS) is 22.0. The van der Waals surface area contributed by atoms with E-state index in [2.05, 4.69) is 31.7 Å². The lowest BCUT2D eigenvalue weighted by Crippen LogP contribution is -2.38. The highest BCUT2D eigenvalue weighted by molar-refractivity contribution is 5.83. The van der Waals surface area contributed by atoms with Crippen LogP contribution in [0, 0.1) is 0 Å². The monoisotopic (exact) mass is 358 g/mol. The van der Waals surface area contributed by atoms with Gasteiger partial charge in [-0.15, -0.1) is 0 Å². The van der Waals surface area contributed by atoms with Crippen molar-refractivity contribution >= 4 is 23.3 Å². The lowest BCUT2D eigenvalue weighted by molar-refractivity contribution is -0.113. The summed E-state index contributed by atoms with van der Waals surface area (Å²) in [4.78, 5) is 27.4. The maximum absolute atomic E-state index is 11.4. The predicted molar refractivity (Wildman–Crippen MR) is 98.2 cm³/mol. The Morgan fingerprint density at radius 2 is 2.27 bits per heavy atom. The molecule has 0 amide bonds. The van der Waals surface area contributed by atoms with Gasteiger partial charge in [-0.25, -0.2) is 15.0 Å². The first kappa shape index (κ1) is 17.4. The molecular formula is C18H26N6O2. The Bertz CT molecular complexity index is 800. The zero-order valence-electron chi connectivity index (χ0n) is 15.4. The zero-order valence-corrected chi connectivity index (χ0v) is 15.4. The molecule has 1 saturated carbocycles. The minimum Gasteiger partial charge on any atom is -0.384 e. The van der Waals surface area contributed by atoms with Gasteiger partial charge in [0.1, 0.15) is 18.4 Å². The SMILES string of the molecule is CCn1c(CCOC)nc2c(NC3CCN(C4(C=O)CC4)C3)ncnc21. The van der Waals surface area contributed by atoms with Gasteiger partial charge in [0.2, 0.25) is 0 Å². The Hall–Kier alpha value is -2.06. The number of carbonyl (C=O) groups excluding carboxylic acids is 1. The first-order valence-corrected chi connectivity index (χ1v) is 9.37. The summed E-state index contributed by atoms with van der Waals surface area (Å²) in [6.07, 6.45) is 6.46. The molecule has 1 unspecified atom stereocenters. The Morgan fingerprint density at radius 3 is 2.96 bits per heavy atom. The number of carbonyl (C=O) groups is 1. The summed E-state index contributed by atoms with van der Waals surface area (Å²) < 4.78 is 7.32. The van der Waals surface area contributed by atoms with Gasteiger partial charge in [-0.2, -0.15) is 0 Å². The van der Waals surface area contributed by atoms with Crippen LogP contribution in [0.15, 0.2) is 6.33 Å². The number of aldehydes is 1. The van der Waals surface area contributed by atoms with Crippen molar-refractivity contribution in [3.05, 3.63) is 12.2 Å². The van der Waals surface area contributed by atoms with Crippen LogP contribution < -0.4 is 5.32 Å². The first-order valence-electron chi connectivity index (χ1n) is 9.37. The fraction of sp³-hybridized carbons (Fsp3) is 0.667. The van der Waals surface area contributed by atoms with E-state index in [0.717, 1.165) is 74.4 Å². The molecule has 0 aromatic carbocycles. The second-order valence-corrected chi connectivity index (χ2v) is 7.21. The van der Waals surface area contributed by atoms with Crippen molar-refractivity contribution in [1.82, 2.24) is 24.4 Å². The molecule has 8 heteroatoms. The Labute approximate surface area is 153 Å². The van der Waals surface area contributed by atoms with Crippen molar-refractivity contribution < 1.29 is 9.53 Å². The number of aromatic nitrogens is 4. The van der Waals surface area contributed by atoms with Crippen LogP contribution in [-0.4, -0.2) is 69.1 Å². The van der Waals surface area contributed by atoms with E-state index in [1.165, 1.54) is 0 Å². The van der Waals surface area contributed by atoms with Crippen LogP contribution in [0.2, 0.25) is 0 Å². The van der Waals surface area contributed by atoms with Gasteiger partial charge >= 0.3 is 0 Å². The first-order chi connectivity index (χ1) is 12.7. The summed E-state index contributed by atoms with van der Waals surface area (Å²) in [6, 6.07) is 0.278. The molecule has 140 valence electrons. The Kier molecular flexibility index (Phi) is 4.62. The van der Waals surface area contributed by atoms with Crippen LogP contribution in [0.4, 0.5) is 5.82 Å². The molecule has 2 aromatic rings.